The van der Waals surface area contributed by atoms with Crippen molar-refractivity contribution in [3.8, 4) is 0 Å². The van der Waals surface area contributed by atoms with Crippen LogP contribution in [0.3, 0.4) is 0 Å². The van der Waals surface area contributed by atoms with E-state index in [0.717, 1.165) is 12.1 Å². The van der Waals surface area contributed by atoms with Gasteiger partial charge in [0.15, 0.2) is 0 Å². The van der Waals surface area contributed by atoms with Crippen LogP contribution in [-0.4, -0.2) is 11.5 Å². The molecular weight excluding hydrogens is 340 g/mol. The standard InChI is InChI=1S/C14H15BrN2O2S/c1-2-16(10-12-4-3-7-20-12)13-6-5-11(9-15)8-14(13)17(18)19/h3-8H,2,9-10H2,1H3. The van der Waals surface area contributed by atoms with Gasteiger partial charge in [0.25, 0.3) is 5.69 Å². The van der Waals surface area contributed by atoms with E-state index in [4.69, 9.17) is 0 Å². The van der Waals surface area contributed by atoms with Crippen LogP contribution in [0.1, 0.15) is 17.4 Å². The third-order valence-electron chi connectivity index (χ3n) is 3.04. The Morgan fingerprint density at radius 3 is 2.75 bits per heavy atom. The zero-order valence-corrected chi connectivity index (χ0v) is 13.5. The van der Waals surface area contributed by atoms with Crippen LogP contribution in [0.5, 0.6) is 0 Å². The maximum atomic E-state index is 11.3. The summed E-state index contributed by atoms with van der Waals surface area (Å²) in [6.07, 6.45) is 0. The molecule has 0 radical (unpaired) electrons. The fourth-order valence-electron chi connectivity index (χ4n) is 2.02. The van der Waals surface area contributed by atoms with E-state index in [0.29, 0.717) is 17.6 Å². The van der Waals surface area contributed by atoms with E-state index in [9.17, 15) is 10.1 Å². The van der Waals surface area contributed by atoms with Crippen LogP contribution in [0.15, 0.2) is 35.7 Å². The molecule has 20 heavy (non-hydrogen) atoms. The molecule has 0 fully saturated rings. The fourth-order valence-corrected chi connectivity index (χ4v) is 3.09. The highest BCUT2D eigenvalue weighted by atomic mass is 79.9. The van der Waals surface area contributed by atoms with Gasteiger partial charge in [0, 0.05) is 22.8 Å². The van der Waals surface area contributed by atoms with E-state index in [1.165, 1.54) is 4.88 Å². The van der Waals surface area contributed by atoms with E-state index in [1.54, 1.807) is 17.4 Å². The van der Waals surface area contributed by atoms with Crippen molar-refractivity contribution in [2.75, 3.05) is 11.4 Å². The lowest BCUT2D eigenvalue weighted by molar-refractivity contribution is -0.384. The highest BCUT2D eigenvalue weighted by molar-refractivity contribution is 9.08. The number of benzene rings is 1. The lowest BCUT2D eigenvalue weighted by Crippen LogP contribution is -2.22. The van der Waals surface area contributed by atoms with Crippen LogP contribution in [0, 0.1) is 10.1 Å². The Labute approximate surface area is 130 Å². The number of hydrogen-bond donors (Lipinski definition) is 0. The molecule has 6 heteroatoms. The minimum atomic E-state index is -0.307. The number of nitro benzene ring substituents is 1. The smallest absolute Gasteiger partial charge is 0.292 e. The molecule has 1 aromatic carbocycles. The molecule has 0 aliphatic carbocycles. The molecule has 4 nitrogen and oxygen atoms in total. The Bertz CT molecular complexity index is 587. The highest BCUT2D eigenvalue weighted by Gasteiger charge is 2.19. The number of anilines is 1. The van der Waals surface area contributed by atoms with Gasteiger partial charge < -0.3 is 4.90 Å². The SMILES string of the molecule is CCN(Cc1cccs1)c1ccc(CBr)cc1[N+](=O)[O-]. The van der Waals surface area contributed by atoms with Crippen LogP contribution in [0.25, 0.3) is 0 Å². The van der Waals surface area contributed by atoms with Crippen molar-refractivity contribution in [1.29, 1.82) is 0 Å². The van der Waals surface area contributed by atoms with Crippen molar-refractivity contribution in [3.63, 3.8) is 0 Å². The third kappa shape index (κ3) is 3.37. The lowest BCUT2D eigenvalue weighted by atomic mass is 10.1. The monoisotopic (exact) mass is 354 g/mol. The summed E-state index contributed by atoms with van der Waals surface area (Å²) < 4.78 is 0. The van der Waals surface area contributed by atoms with Crippen molar-refractivity contribution in [2.45, 2.75) is 18.8 Å². The molecule has 0 unspecified atom stereocenters. The van der Waals surface area contributed by atoms with Crippen molar-refractivity contribution in [3.05, 3.63) is 56.3 Å². The molecule has 0 amide bonds. The first-order valence-corrected chi connectivity index (χ1v) is 8.26. The van der Waals surface area contributed by atoms with Gasteiger partial charge in [-0.15, -0.1) is 11.3 Å². The lowest BCUT2D eigenvalue weighted by Gasteiger charge is -2.22. The summed E-state index contributed by atoms with van der Waals surface area (Å²) in [5.74, 6) is 0. The number of alkyl halides is 1. The molecule has 106 valence electrons. The Morgan fingerprint density at radius 2 is 2.20 bits per heavy atom. The van der Waals surface area contributed by atoms with E-state index in [-0.39, 0.29) is 10.6 Å². The summed E-state index contributed by atoms with van der Waals surface area (Å²) in [6, 6.07) is 9.45. The normalized spacial score (nSPS) is 10.5. The molecule has 0 atom stereocenters. The minimum absolute atomic E-state index is 0.167. The Kier molecular flexibility index (Phi) is 5.14. The fraction of sp³-hybridized carbons (Fsp3) is 0.286. The number of hydrogen-bond acceptors (Lipinski definition) is 4. The molecule has 0 saturated carbocycles. The molecule has 0 spiro atoms. The topological polar surface area (TPSA) is 46.4 Å². The van der Waals surface area contributed by atoms with Crippen molar-refractivity contribution in [2.24, 2.45) is 0 Å². The molecule has 1 aromatic heterocycles. The molecule has 0 bridgehead atoms. The average molecular weight is 355 g/mol. The average Bonchev–Trinajstić information content (AvgIpc) is 2.97. The van der Waals surface area contributed by atoms with Crippen LogP contribution < -0.4 is 4.90 Å². The first kappa shape index (κ1) is 15.0. The quantitative estimate of drug-likeness (QED) is 0.433. The Balaban J connectivity index is 2.35. The second-order valence-electron chi connectivity index (χ2n) is 4.31. The molecule has 1 heterocycles. The van der Waals surface area contributed by atoms with Gasteiger partial charge >= 0.3 is 0 Å². The summed E-state index contributed by atoms with van der Waals surface area (Å²) >= 11 is 5.00. The van der Waals surface area contributed by atoms with Crippen LogP contribution in [-0.2, 0) is 11.9 Å². The Hall–Kier alpha value is -1.40. The molecule has 0 aliphatic rings. The largest absolute Gasteiger partial charge is 0.361 e. The maximum absolute atomic E-state index is 11.3. The summed E-state index contributed by atoms with van der Waals surface area (Å²) in [5, 5.41) is 13.9. The first-order valence-electron chi connectivity index (χ1n) is 6.26. The number of halogens is 1. The van der Waals surface area contributed by atoms with E-state index >= 15 is 0 Å². The van der Waals surface area contributed by atoms with Gasteiger partial charge in [-0.1, -0.05) is 28.1 Å². The number of thiophene rings is 1. The van der Waals surface area contributed by atoms with Crippen molar-refractivity contribution in [1.82, 2.24) is 0 Å². The molecule has 0 saturated heterocycles. The van der Waals surface area contributed by atoms with Crippen molar-refractivity contribution >= 4 is 38.6 Å². The molecular formula is C14H15BrN2O2S. The maximum Gasteiger partial charge on any atom is 0.292 e. The number of nitrogens with zero attached hydrogens (tertiary/aromatic N) is 2. The zero-order valence-electron chi connectivity index (χ0n) is 11.1. The second kappa shape index (κ2) is 6.85. The van der Waals surface area contributed by atoms with Gasteiger partial charge in [-0.2, -0.15) is 0 Å². The van der Waals surface area contributed by atoms with E-state index < -0.39 is 0 Å². The third-order valence-corrected chi connectivity index (χ3v) is 4.55. The van der Waals surface area contributed by atoms with Gasteiger partial charge in [-0.3, -0.25) is 10.1 Å². The summed E-state index contributed by atoms with van der Waals surface area (Å²) in [6.45, 7) is 3.44. The van der Waals surface area contributed by atoms with Gasteiger partial charge in [0.05, 0.1) is 11.5 Å². The Morgan fingerprint density at radius 1 is 1.40 bits per heavy atom. The summed E-state index contributed by atoms with van der Waals surface area (Å²) in [4.78, 5) is 14.2. The summed E-state index contributed by atoms with van der Waals surface area (Å²) in [7, 11) is 0. The molecule has 0 aliphatic heterocycles. The van der Waals surface area contributed by atoms with Gasteiger partial charge in [-0.05, 0) is 30.0 Å². The van der Waals surface area contributed by atoms with E-state index in [2.05, 4.69) is 15.9 Å². The second-order valence-corrected chi connectivity index (χ2v) is 5.90. The molecule has 2 rings (SSSR count). The van der Waals surface area contributed by atoms with Crippen LogP contribution in [0.4, 0.5) is 11.4 Å². The predicted octanol–water partition coefficient (Wildman–Crippen LogP) is 4.58. The predicted molar refractivity (Wildman–Crippen MR) is 86.8 cm³/mol. The van der Waals surface area contributed by atoms with Crippen LogP contribution in [0.2, 0.25) is 0 Å². The number of rotatable bonds is 6. The van der Waals surface area contributed by atoms with Crippen molar-refractivity contribution < 1.29 is 4.92 Å². The van der Waals surface area contributed by atoms with Gasteiger partial charge in [-0.25, -0.2) is 0 Å². The minimum Gasteiger partial charge on any atom is -0.361 e. The first-order chi connectivity index (χ1) is 9.65. The van der Waals surface area contributed by atoms with Crippen LogP contribution >= 0.6 is 27.3 Å². The van der Waals surface area contributed by atoms with E-state index in [1.807, 2.05) is 41.5 Å². The van der Waals surface area contributed by atoms with Gasteiger partial charge in [0.2, 0.25) is 0 Å². The molecule has 0 N–H and O–H groups in total. The highest BCUT2D eigenvalue weighted by Crippen LogP contribution is 2.31. The molecule has 2 aromatic rings. The number of nitro groups is 1. The van der Waals surface area contributed by atoms with Gasteiger partial charge in [0.1, 0.15) is 5.69 Å². The zero-order chi connectivity index (χ0) is 14.5. The summed E-state index contributed by atoms with van der Waals surface area (Å²) in [5.41, 5.74) is 1.75.